The van der Waals surface area contributed by atoms with Crippen molar-refractivity contribution in [3.63, 3.8) is 0 Å². The van der Waals surface area contributed by atoms with Crippen molar-refractivity contribution in [2.24, 2.45) is 0 Å². The van der Waals surface area contributed by atoms with Gasteiger partial charge in [0.25, 0.3) is 5.91 Å². The first-order valence-electron chi connectivity index (χ1n) is 9.36. The summed E-state index contributed by atoms with van der Waals surface area (Å²) < 4.78 is 15.9. The highest BCUT2D eigenvalue weighted by Crippen LogP contribution is 2.36. The molecule has 0 saturated heterocycles. The first-order chi connectivity index (χ1) is 13.1. The van der Waals surface area contributed by atoms with Gasteiger partial charge in [0, 0.05) is 30.8 Å². The fraction of sp³-hybridized carbons (Fsp3) is 0.476. The van der Waals surface area contributed by atoms with Gasteiger partial charge in [-0.1, -0.05) is 0 Å². The molecule has 0 bridgehead atoms. The van der Waals surface area contributed by atoms with Crippen molar-refractivity contribution in [3.8, 4) is 11.5 Å². The van der Waals surface area contributed by atoms with Crippen LogP contribution in [0, 0.1) is 0 Å². The smallest absolute Gasteiger partial charge is 0.254 e. The van der Waals surface area contributed by atoms with Crippen LogP contribution in [0.1, 0.15) is 27.9 Å². The Kier molecular flexibility index (Phi) is 6.40. The third kappa shape index (κ3) is 4.45. The zero-order chi connectivity index (χ0) is 19.2. The number of fused-ring (bicyclic) bond motifs is 1. The Bertz CT molecular complexity index is 758. The molecule has 0 unspecified atom stereocenters. The third-order valence-electron chi connectivity index (χ3n) is 5.13. The van der Waals surface area contributed by atoms with Crippen LogP contribution < -0.4 is 9.47 Å². The number of rotatable bonds is 9. The molecule has 1 aromatic heterocycles. The van der Waals surface area contributed by atoms with Crippen LogP contribution in [0.5, 0.6) is 11.5 Å². The van der Waals surface area contributed by atoms with E-state index in [1.165, 1.54) is 5.56 Å². The number of carbonyl (C=O) groups is 1. The molecular weight excluding hydrogens is 344 g/mol. The number of amides is 1. The van der Waals surface area contributed by atoms with E-state index in [0.29, 0.717) is 18.0 Å². The molecule has 1 aliphatic rings. The highest BCUT2D eigenvalue weighted by Gasteiger charge is 2.28. The summed E-state index contributed by atoms with van der Waals surface area (Å²) >= 11 is 0. The SMILES string of the molecule is COc1ccc2c(c1OC)CCN(CCCN(C)CCc1ccoc1)C2=O. The lowest BCUT2D eigenvalue weighted by atomic mass is 9.97. The van der Waals surface area contributed by atoms with Gasteiger partial charge >= 0.3 is 0 Å². The number of nitrogens with zero attached hydrogens (tertiary/aromatic N) is 2. The Labute approximate surface area is 160 Å². The van der Waals surface area contributed by atoms with E-state index in [4.69, 9.17) is 13.9 Å². The summed E-state index contributed by atoms with van der Waals surface area (Å²) in [6, 6.07) is 5.66. The minimum atomic E-state index is 0.0817. The Morgan fingerprint density at radius 1 is 1.19 bits per heavy atom. The van der Waals surface area contributed by atoms with Gasteiger partial charge in [-0.3, -0.25) is 4.79 Å². The average molecular weight is 372 g/mol. The van der Waals surface area contributed by atoms with Crippen molar-refractivity contribution < 1.29 is 18.7 Å². The molecule has 1 amide bonds. The minimum Gasteiger partial charge on any atom is -0.493 e. The first kappa shape index (κ1) is 19.3. The zero-order valence-electron chi connectivity index (χ0n) is 16.4. The van der Waals surface area contributed by atoms with Crippen molar-refractivity contribution >= 4 is 5.91 Å². The first-order valence-corrected chi connectivity index (χ1v) is 9.36. The zero-order valence-corrected chi connectivity index (χ0v) is 16.4. The number of likely N-dealkylation sites (N-methyl/N-ethyl adjacent to an activating group) is 1. The summed E-state index contributed by atoms with van der Waals surface area (Å²) in [6.45, 7) is 3.42. The van der Waals surface area contributed by atoms with Crippen LogP contribution in [-0.4, -0.2) is 63.2 Å². The maximum absolute atomic E-state index is 12.8. The second-order valence-corrected chi connectivity index (χ2v) is 6.91. The third-order valence-corrected chi connectivity index (χ3v) is 5.13. The molecule has 0 aliphatic carbocycles. The van der Waals surface area contributed by atoms with Gasteiger partial charge in [-0.25, -0.2) is 0 Å². The predicted octanol–water partition coefficient (Wildman–Crippen LogP) is 2.86. The predicted molar refractivity (Wildman–Crippen MR) is 104 cm³/mol. The molecule has 2 heterocycles. The van der Waals surface area contributed by atoms with Gasteiger partial charge in [0.1, 0.15) is 0 Å². The maximum atomic E-state index is 12.8. The molecular formula is C21H28N2O4. The van der Waals surface area contributed by atoms with E-state index in [1.54, 1.807) is 26.7 Å². The van der Waals surface area contributed by atoms with Crippen LogP contribution in [0.3, 0.4) is 0 Å². The Balaban J connectivity index is 1.52. The number of furan rings is 1. The van der Waals surface area contributed by atoms with E-state index >= 15 is 0 Å². The largest absolute Gasteiger partial charge is 0.493 e. The molecule has 2 aromatic rings. The van der Waals surface area contributed by atoms with E-state index in [1.807, 2.05) is 23.1 Å². The fourth-order valence-corrected chi connectivity index (χ4v) is 3.57. The summed E-state index contributed by atoms with van der Waals surface area (Å²) in [5.74, 6) is 1.44. The molecule has 0 atom stereocenters. The standard InChI is InChI=1S/C21H28N2O4/c1-22(12-7-16-9-14-27-15-16)10-4-11-23-13-8-17-18(21(23)24)5-6-19(25-2)20(17)26-3/h5-6,9,14-15H,4,7-8,10-13H2,1-3H3. The van der Waals surface area contributed by atoms with Gasteiger partial charge in [0.05, 0.1) is 26.7 Å². The quantitative estimate of drug-likeness (QED) is 0.677. The summed E-state index contributed by atoms with van der Waals surface area (Å²) in [6.07, 6.45) is 6.22. The molecule has 146 valence electrons. The van der Waals surface area contributed by atoms with E-state index in [2.05, 4.69) is 11.9 Å². The second-order valence-electron chi connectivity index (χ2n) is 6.91. The van der Waals surface area contributed by atoms with Crippen molar-refractivity contribution in [2.45, 2.75) is 19.3 Å². The molecule has 0 radical (unpaired) electrons. The normalized spacial score (nSPS) is 13.8. The number of methoxy groups -OCH3 is 2. The van der Waals surface area contributed by atoms with Gasteiger partial charge in [-0.05, 0) is 56.6 Å². The van der Waals surface area contributed by atoms with Crippen molar-refractivity contribution in [3.05, 3.63) is 47.4 Å². The molecule has 0 N–H and O–H groups in total. The maximum Gasteiger partial charge on any atom is 0.254 e. The number of hydrogen-bond donors (Lipinski definition) is 0. The van der Waals surface area contributed by atoms with Gasteiger partial charge < -0.3 is 23.7 Å². The van der Waals surface area contributed by atoms with Crippen LogP contribution in [0.4, 0.5) is 0 Å². The van der Waals surface area contributed by atoms with Gasteiger partial charge in [-0.2, -0.15) is 0 Å². The summed E-state index contributed by atoms with van der Waals surface area (Å²) in [5.41, 5.74) is 2.90. The average Bonchev–Trinajstić information content (AvgIpc) is 3.20. The monoisotopic (exact) mass is 372 g/mol. The number of carbonyl (C=O) groups excluding carboxylic acids is 1. The van der Waals surface area contributed by atoms with Gasteiger partial charge in [0.2, 0.25) is 0 Å². The molecule has 0 saturated carbocycles. The van der Waals surface area contributed by atoms with E-state index < -0.39 is 0 Å². The van der Waals surface area contributed by atoms with E-state index in [-0.39, 0.29) is 5.91 Å². The van der Waals surface area contributed by atoms with Crippen molar-refractivity contribution in [1.29, 1.82) is 0 Å². The fourth-order valence-electron chi connectivity index (χ4n) is 3.57. The van der Waals surface area contributed by atoms with E-state index in [0.717, 1.165) is 50.0 Å². The van der Waals surface area contributed by atoms with Crippen LogP contribution in [-0.2, 0) is 12.8 Å². The van der Waals surface area contributed by atoms with Crippen LogP contribution in [0.2, 0.25) is 0 Å². The topological polar surface area (TPSA) is 55.2 Å². The molecule has 1 aromatic carbocycles. The number of hydrogen-bond acceptors (Lipinski definition) is 5. The lowest BCUT2D eigenvalue weighted by molar-refractivity contribution is 0.0731. The van der Waals surface area contributed by atoms with Crippen LogP contribution >= 0.6 is 0 Å². The van der Waals surface area contributed by atoms with Gasteiger partial charge in [-0.15, -0.1) is 0 Å². The minimum absolute atomic E-state index is 0.0817. The lowest BCUT2D eigenvalue weighted by Gasteiger charge is -2.30. The summed E-state index contributed by atoms with van der Waals surface area (Å²) in [5, 5.41) is 0. The molecule has 3 rings (SSSR count). The van der Waals surface area contributed by atoms with Crippen LogP contribution in [0.25, 0.3) is 0 Å². The molecule has 1 aliphatic heterocycles. The highest BCUT2D eigenvalue weighted by molar-refractivity contribution is 5.97. The lowest BCUT2D eigenvalue weighted by Crippen LogP contribution is -2.39. The van der Waals surface area contributed by atoms with Crippen molar-refractivity contribution in [1.82, 2.24) is 9.80 Å². The van der Waals surface area contributed by atoms with Gasteiger partial charge in [0.15, 0.2) is 11.5 Å². The van der Waals surface area contributed by atoms with Crippen LogP contribution in [0.15, 0.2) is 35.1 Å². The van der Waals surface area contributed by atoms with E-state index in [9.17, 15) is 4.79 Å². The Morgan fingerprint density at radius 2 is 2.04 bits per heavy atom. The second kappa shape index (κ2) is 8.95. The molecule has 0 spiro atoms. The molecule has 6 nitrogen and oxygen atoms in total. The Hall–Kier alpha value is -2.47. The highest BCUT2D eigenvalue weighted by atomic mass is 16.5. The molecule has 27 heavy (non-hydrogen) atoms. The Morgan fingerprint density at radius 3 is 2.74 bits per heavy atom. The number of ether oxygens (including phenoxy) is 2. The number of benzene rings is 1. The molecule has 6 heteroatoms. The summed E-state index contributed by atoms with van der Waals surface area (Å²) in [4.78, 5) is 17.1. The summed E-state index contributed by atoms with van der Waals surface area (Å²) in [7, 11) is 5.35. The molecule has 0 fully saturated rings. The van der Waals surface area contributed by atoms with Crippen molar-refractivity contribution in [2.75, 3.05) is 47.4 Å².